The van der Waals surface area contributed by atoms with E-state index < -0.39 is 20.1 Å². The van der Waals surface area contributed by atoms with Gasteiger partial charge in [-0.05, 0) is 6.08 Å². The van der Waals surface area contributed by atoms with E-state index in [1.807, 2.05) is 0 Å². The van der Waals surface area contributed by atoms with Gasteiger partial charge in [-0.15, -0.1) is 23.2 Å². The lowest BCUT2D eigenvalue weighted by Gasteiger charge is -2.32. The summed E-state index contributed by atoms with van der Waals surface area (Å²) in [6.07, 6.45) is 1.28. The Morgan fingerprint density at radius 2 is 1.71 bits per heavy atom. The first-order chi connectivity index (χ1) is 7.64. The number of methoxy groups -OCH3 is 1. The number of hydrogen-bond acceptors (Lipinski definition) is 2. The number of hydrogen-bond donors (Lipinski definition) is 0. The van der Waals surface area contributed by atoms with Gasteiger partial charge in [-0.1, -0.05) is 46.4 Å². The Bertz CT molecular complexity index is 482. The zero-order valence-corrected chi connectivity index (χ0v) is 12.7. The predicted octanol–water partition coefficient (Wildman–Crippen LogP) is 3.93. The van der Waals surface area contributed by atoms with E-state index in [0.29, 0.717) is 0 Å². The molecule has 0 heterocycles. The van der Waals surface area contributed by atoms with Gasteiger partial charge in [0.1, 0.15) is 9.75 Å². The highest BCUT2D eigenvalue weighted by Crippen LogP contribution is 2.71. The Labute approximate surface area is 127 Å². The molecule has 8 heteroatoms. The fraction of sp³-hybridized carbons (Fsp3) is 0.444. The van der Waals surface area contributed by atoms with Crippen molar-refractivity contribution in [2.45, 2.75) is 14.1 Å². The molecule has 0 unspecified atom stereocenters. The number of esters is 1. The van der Waals surface area contributed by atoms with Crippen LogP contribution in [0, 0.1) is 0 Å². The average Bonchev–Trinajstić information content (AvgIpc) is 2.49. The minimum absolute atomic E-state index is 0.00786. The molecule has 0 aliphatic heterocycles. The lowest BCUT2D eigenvalue weighted by Crippen LogP contribution is -2.45. The highest BCUT2D eigenvalue weighted by Gasteiger charge is 2.76. The molecule has 2 aliphatic rings. The number of carbonyl (C=O) groups is 1. The second kappa shape index (κ2) is 3.84. The zero-order valence-electron chi connectivity index (χ0n) is 8.16. The lowest BCUT2D eigenvalue weighted by atomic mass is 10.0. The molecule has 0 radical (unpaired) electrons. The summed E-state index contributed by atoms with van der Waals surface area (Å²) in [7, 11) is 1.19. The summed E-state index contributed by atoms with van der Waals surface area (Å²) in [6.45, 7) is 0. The molecule has 0 aromatic carbocycles. The van der Waals surface area contributed by atoms with Gasteiger partial charge in [0, 0.05) is 0 Å². The van der Waals surface area contributed by atoms with E-state index in [4.69, 9.17) is 69.6 Å². The van der Waals surface area contributed by atoms with Gasteiger partial charge in [0.05, 0.1) is 22.7 Å². The van der Waals surface area contributed by atoms with Gasteiger partial charge in [0.15, 0.2) is 4.33 Å². The van der Waals surface area contributed by atoms with Gasteiger partial charge in [0.25, 0.3) is 0 Å². The predicted molar refractivity (Wildman–Crippen MR) is 70.4 cm³/mol. The number of rotatable bonds is 1. The van der Waals surface area contributed by atoms with E-state index in [9.17, 15) is 4.79 Å². The van der Waals surface area contributed by atoms with Gasteiger partial charge in [-0.2, -0.15) is 0 Å². The summed E-state index contributed by atoms with van der Waals surface area (Å²) in [6, 6.07) is 0. The number of ether oxygens (including phenoxy) is 1. The van der Waals surface area contributed by atoms with Crippen LogP contribution >= 0.6 is 69.6 Å². The summed E-state index contributed by atoms with van der Waals surface area (Å²) in [4.78, 5) is 8.40. The average molecular weight is 357 g/mol. The molecular formula is C9H4Cl6O2. The highest BCUT2D eigenvalue weighted by atomic mass is 35.5. The van der Waals surface area contributed by atoms with E-state index in [1.165, 1.54) is 13.2 Å². The lowest BCUT2D eigenvalue weighted by molar-refractivity contribution is -0.136. The molecule has 2 atom stereocenters. The SMILES string of the molecule is COC(=O)C1=C[C@]2(Cl)C(Cl)=C(Cl)[C@]1(Cl)C2(Cl)Cl. The summed E-state index contributed by atoms with van der Waals surface area (Å²) >= 11 is 36.7. The van der Waals surface area contributed by atoms with Crippen molar-refractivity contribution in [3.8, 4) is 0 Å². The van der Waals surface area contributed by atoms with Crippen molar-refractivity contribution in [3.05, 3.63) is 21.7 Å². The van der Waals surface area contributed by atoms with Gasteiger partial charge < -0.3 is 4.74 Å². The van der Waals surface area contributed by atoms with Crippen LogP contribution in [0.2, 0.25) is 0 Å². The van der Waals surface area contributed by atoms with E-state index in [2.05, 4.69) is 4.74 Å². The zero-order chi connectivity index (χ0) is 13.2. The van der Waals surface area contributed by atoms with Crippen LogP contribution < -0.4 is 0 Å². The molecule has 94 valence electrons. The third-order valence-corrected chi connectivity index (χ3v) is 6.88. The fourth-order valence-corrected chi connectivity index (χ4v) is 4.37. The molecule has 2 nitrogen and oxygen atoms in total. The second-order valence-electron chi connectivity index (χ2n) is 3.62. The van der Waals surface area contributed by atoms with Crippen LogP contribution in [0.1, 0.15) is 0 Å². The molecule has 0 saturated heterocycles. The molecule has 0 aromatic heterocycles. The van der Waals surface area contributed by atoms with E-state index >= 15 is 0 Å². The van der Waals surface area contributed by atoms with Crippen LogP contribution in [0.5, 0.6) is 0 Å². The summed E-state index contributed by atoms with van der Waals surface area (Å²) < 4.78 is 2.82. The van der Waals surface area contributed by atoms with Crippen molar-refractivity contribution in [1.82, 2.24) is 0 Å². The molecule has 0 amide bonds. The Balaban J connectivity index is 2.69. The third-order valence-electron chi connectivity index (χ3n) is 2.82. The molecule has 17 heavy (non-hydrogen) atoms. The van der Waals surface area contributed by atoms with Crippen LogP contribution in [-0.4, -0.2) is 27.2 Å². The summed E-state index contributed by atoms with van der Waals surface area (Å²) in [5.41, 5.74) is -0.0175. The van der Waals surface area contributed by atoms with Crippen molar-refractivity contribution in [3.63, 3.8) is 0 Å². The highest BCUT2D eigenvalue weighted by molar-refractivity contribution is 6.67. The topological polar surface area (TPSA) is 26.3 Å². The first-order valence-corrected chi connectivity index (χ1v) is 6.55. The summed E-state index contributed by atoms with van der Waals surface area (Å²) in [5, 5.41) is -0.0581. The molecular weight excluding hydrogens is 353 g/mol. The van der Waals surface area contributed by atoms with Crippen LogP contribution in [0.25, 0.3) is 0 Å². The van der Waals surface area contributed by atoms with Crippen LogP contribution in [0.4, 0.5) is 0 Å². The molecule has 2 rings (SSSR count). The number of fused-ring (bicyclic) bond motifs is 2. The fourth-order valence-electron chi connectivity index (χ4n) is 1.89. The molecule has 0 saturated carbocycles. The Morgan fingerprint density at radius 1 is 1.18 bits per heavy atom. The van der Waals surface area contributed by atoms with E-state index in [-0.39, 0.29) is 15.6 Å². The van der Waals surface area contributed by atoms with Crippen molar-refractivity contribution in [2.75, 3.05) is 7.11 Å². The normalized spacial score (nSPS) is 38.4. The largest absolute Gasteiger partial charge is 0.466 e. The monoisotopic (exact) mass is 354 g/mol. The van der Waals surface area contributed by atoms with Gasteiger partial charge >= 0.3 is 5.97 Å². The standard InChI is InChI=1S/C9H4Cl6O2/c1-17-6(16)3-2-7(12)4(10)5(11)8(3,13)9(7,14)15/h2H,1H3/t7-,8-/m0/s1. The maximum atomic E-state index is 11.6. The molecule has 0 aromatic rings. The Kier molecular flexibility index (Phi) is 3.19. The van der Waals surface area contributed by atoms with Gasteiger partial charge in [0.2, 0.25) is 0 Å². The first-order valence-electron chi connectivity index (χ1n) is 4.28. The Hall–Kier alpha value is 0.690. The number of halogens is 6. The third kappa shape index (κ3) is 1.35. The maximum absolute atomic E-state index is 11.6. The number of allylic oxidation sites excluding steroid dienone is 3. The van der Waals surface area contributed by atoms with Gasteiger partial charge in [-0.25, -0.2) is 4.79 Å². The molecule has 0 fully saturated rings. The van der Waals surface area contributed by atoms with E-state index in [0.717, 1.165) is 0 Å². The molecule has 0 N–H and O–H groups in total. The Morgan fingerprint density at radius 3 is 2.06 bits per heavy atom. The van der Waals surface area contributed by atoms with Crippen molar-refractivity contribution in [1.29, 1.82) is 0 Å². The quantitative estimate of drug-likeness (QED) is 0.525. The van der Waals surface area contributed by atoms with Crippen LogP contribution in [-0.2, 0) is 9.53 Å². The second-order valence-corrected chi connectivity index (χ2v) is 6.87. The van der Waals surface area contributed by atoms with Crippen LogP contribution in [0.15, 0.2) is 21.7 Å². The van der Waals surface area contributed by atoms with Crippen molar-refractivity contribution in [2.24, 2.45) is 0 Å². The minimum Gasteiger partial charge on any atom is -0.466 e. The number of alkyl halides is 4. The van der Waals surface area contributed by atoms with Gasteiger partial charge in [-0.3, -0.25) is 0 Å². The maximum Gasteiger partial charge on any atom is 0.335 e. The first kappa shape index (κ1) is 14.1. The molecule has 2 bridgehead atoms. The molecule has 0 spiro atoms. The van der Waals surface area contributed by atoms with E-state index in [1.54, 1.807) is 0 Å². The minimum atomic E-state index is -1.76. The van der Waals surface area contributed by atoms with Crippen LogP contribution in [0.3, 0.4) is 0 Å². The smallest absolute Gasteiger partial charge is 0.335 e. The molecule has 2 aliphatic carbocycles. The number of carbonyl (C=O) groups excluding carboxylic acids is 1. The van der Waals surface area contributed by atoms with Crippen molar-refractivity contribution < 1.29 is 9.53 Å². The summed E-state index contributed by atoms with van der Waals surface area (Å²) in [5.74, 6) is -0.712. The van der Waals surface area contributed by atoms with Crippen molar-refractivity contribution >= 4 is 75.6 Å².